The summed E-state index contributed by atoms with van der Waals surface area (Å²) in [4.78, 5) is 0. The normalized spacial score (nSPS) is 30.8. The summed E-state index contributed by atoms with van der Waals surface area (Å²) in [6, 6.07) is 0.184. The Bertz CT molecular complexity index is 459. The average Bonchev–Trinajstić information content (AvgIpc) is 2.52. The van der Waals surface area contributed by atoms with E-state index in [9.17, 15) is 0 Å². The van der Waals surface area contributed by atoms with Crippen LogP contribution < -0.4 is 17.2 Å². The van der Waals surface area contributed by atoms with Crippen LogP contribution in [0.15, 0.2) is 23.3 Å². The van der Waals surface area contributed by atoms with Crippen molar-refractivity contribution in [2.24, 2.45) is 17.2 Å². The highest BCUT2D eigenvalue weighted by atomic mass is 28.4. The van der Waals surface area contributed by atoms with E-state index in [-0.39, 0.29) is 0 Å². The number of nitrogens with two attached hydrogens (primary N) is 3. The van der Waals surface area contributed by atoms with Gasteiger partial charge in [0.1, 0.15) is 5.66 Å². The summed E-state index contributed by atoms with van der Waals surface area (Å²) in [5.74, 6) is 0. The Morgan fingerprint density at radius 1 is 1.18 bits per heavy atom. The Kier molecular flexibility index (Phi) is 6.13. The molecule has 22 heavy (non-hydrogen) atoms. The molecule has 2 unspecified atom stereocenters. The van der Waals surface area contributed by atoms with E-state index in [1.807, 2.05) is 19.9 Å². The van der Waals surface area contributed by atoms with E-state index >= 15 is 0 Å². The molecule has 128 valence electrons. The number of methoxy groups -OCH3 is 1. The lowest BCUT2D eigenvalue weighted by Gasteiger charge is -2.57. The third-order valence-electron chi connectivity index (χ3n) is 4.95. The Labute approximate surface area is 134 Å². The van der Waals surface area contributed by atoms with Gasteiger partial charge in [0.05, 0.1) is 0 Å². The van der Waals surface area contributed by atoms with E-state index in [0.717, 1.165) is 17.6 Å². The molecule has 0 amide bonds. The number of ether oxygens (including phenoxy) is 1. The van der Waals surface area contributed by atoms with E-state index in [1.165, 1.54) is 0 Å². The third-order valence-corrected chi connectivity index (χ3v) is 9.16. The summed E-state index contributed by atoms with van der Waals surface area (Å²) in [5, 5.41) is -1.09. The molecule has 0 saturated carbocycles. The molecule has 0 aromatic heterocycles. The lowest BCUT2D eigenvalue weighted by atomic mass is 9.85. The Hall–Kier alpha value is -0.543. The van der Waals surface area contributed by atoms with Gasteiger partial charge in [-0.15, -0.1) is 0 Å². The number of allylic oxidation sites excluding steroid dienone is 2. The first-order valence-electron chi connectivity index (χ1n) is 7.55. The molecular weight excluding hydrogens is 298 g/mol. The summed E-state index contributed by atoms with van der Waals surface area (Å²) in [6.07, 6.45) is 4.88. The summed E-state index contributed by atoms with van der Waals surface area (Å²) < 4.78 is 17.8. The smallest absolute Gasteiger partial charge is 0.379 e. The molecule has 1 heterocycles. The van der Waals surface area contributed by atoms with Crippen LogP contribution in [0.5, 0.6) is 0 Å². The zero-order valence-electron chi connectivity index (χ0n) is 14.6. The van der Waals surface area contributed by atoms with Gasteiger partial charge in [-0.05, 0) is 44.4 Å². The second-order valence-electron chi connectivity index (χ2n) is 5.78. The third kappa shape index (κ3) is 2.41. The molecule has 1 aliphatic heterocycles. The maximum absolute atomic E-state index is 6.52. The molecule has 0 bridgehead atoms. The first-order chi connectivity index (χ1) is 10.2. The molecule has 1 aliphatic rings. The van der Waals surface area contributed by atoms with E-state index in [1.54, 1.807) is 28.3 Å². The zero-order chi connectivity index (χ0) is 17.2. The monoisotopic (exact) mass is 329 g/mol. The Morgan fingerprint density at radius 2 is 1.73 bits per heavy atom. The fourth-order valence-corrected chi connectivity index (χ4v) is 7.64. The fraction of sp³-hybridized carbons (Fsp3) is 0.733. The topological polar surface area (TPSA) is 106 Å². The van der Waals surface area contributed by atoms with Crippen LogP contribution in [-0.4, -0.2) is 46.8 Å². The van der Waals surface area contributed by atoms with Crippen molar-refractivity contribution in [2.45, 2.75) is 50.2 Å². The standard InChI is InChI=1S/C15H31N3O3Si/c1-7-12-9-10-22(20-5,21-6)15(19-4,13(12)8-2)14(17,18)11(3)16/h7-8,11H,9-10,16-18H2,1-6H3. The summed E-state index contributed by atoms with van der Waals surface area (Å²) in [5.41, 5.74) is 19.9. The molecule has 0 spiro atoms. The molecule has 0 aromatic rings. The van der Waals surface area contributed by atoms with Gasteiger partial charge in [-0.25, -0.2) is 0 Å². The van der Waals surface area contributed by atoms with E-state index in [4.69, 9.17) is 30.8 Å². The minimum Gasteiger partial charge on any atom is -0.396 e. The van der Waals surface area contributed by atoms with Crippen molar-refractivity contribution in [3.05, 3.63) is 23.3 Å². The van der Waals surface area contributed by atoms with Gasteiger partial charge in [-0.1, -0.05) is 12.2 Å². The number of hydrogen-bond donors (Lipinski definition) is 3. The van der Waals surface area contributed by atoms with Crippen molar-refractivity contribution in [1.29, 1.82) is 0 Å². The zero-order valence-corrected chi connectivity index (χ0v) is 15.6. The Morgan fingerprint density at radius 3 is 2.05 bits per heavy atom. The van der Waals surface area contributed by atoms with Crippen LogP contribution in [0.1, 0.15) is 27.2 Å². The maximum Gasteiger partial charge on any atom is 0.379 e. The molecular formula is C15H31N3O3Si. The molecule has 1 saturated heterocycles. The van der Waals surface area contributed by atoms with Crippen molar-refractivity contribution >= 4 is 8.56 Å². The number of hydrogen-bond acceptors (Lipinski definition) is 6. The summed E-state index contributed by atoms with van der Waals surface area (Å²) >= 11 is 0. The molecule has 2 atom stereocenters. The summed E-state index contributed by atoms with van der Waals surface area (Å²) in [6.45, 7) is 5.72. The van der Waals surface area contributed by atoms with E-state index in [0.29, 0.717) is 6.04 Å². The quantitative estimate of drug-likeness (QED) is 0.511. The van der Waals surface area contributed by atoms with Crippen LogP contribution in [0, 0.1) is 0 Å². The summed E-state index contributed by atoms with van der Waals surface area (Å²) in [7, 11) is 1.95. The predicted octanol–water partition coefficient (Wildman–Crippen LogP) is 0.903. The predicted molar refractivity (Wildman–Crippen MR) is 91.2 cm³/mol. The SMILES string of the molecule is CC=C1CC[Si](OC)(OC)C(OC)(C(N)(N)C(C)N)C1=CC. The van der Waals surface area contributed by atoms with E-state index in [2.05, 4.69) is 6.08 Å². The van der Waals surface area contributed by atoms with Gasteiger partial charge in [-0.3, -0.25) is 0 Å². The van der Waals surface area contributed by atoms with Gasteiger partial charge in [0.25, 0.3) is 0 Å². The molecule has 7 heteroatoms. The van der Waals surface area contributed by atoms with Crippen LogP contribution in [0.25, 0.3) is 0 Å². The Balaban J connectivity index is 3.79. The molecule has 6 nitrogen and oxygen atoms in total. The van der Waals surface area contributed by atoms with Crippen LogP contribution in [0.3, 0.4) is 0 Å². The van der Waals surface area contributed by atoms with Gasteiger partial charge in [0.2, 0.25) is 0 Å². The van der Waals surface area contributed by atoms with Crippen LogP contribution >= 0.6 is 0 Å². The first kappa shape index (κ1) is 19.5. The minimum atomic E-state index is -2.91. The van der Waals surface area contributed by atoms with Gasteiger partial charge in [0.15, 0.2) is 5.22 Å². The second kappa shape index (κ2) is 6.92. The average molecular weight is 330 g/mol. The fourth-order valence-electron chi connectivity index (χ4n) is 3.63. The van der Waals surface area contributed by atoms with Crippen molar-refractivity contribution in [3.63, 3.8) is 0 Å². The van der Waals surface area contributed by atoms with Gasteiger partial charge in [-0.2, -0.15) is 0 Å². The molecule has 6 N–H and O–H groups in total. The lowest BCUT2D eigenvalue weighted by molar-refractivity contribution is -0.0301. The van der Waals surface area contributed by atoms with E-state index < -0.39 is 25.5 Å². The van der Waals surface area contributed by atoms with Gasteiger partial charge >= 0.3 is 8.56 Å². The maximum atomic E-state index is 6.52. The van der Waals surface area contributed by atoms with Crippen molar-refractivity contribution in [2.75, 3.05) is 21.3 Å². The molecule has 0 aliphatic carbocycles. The lowest BCUT2D eigenvalue weighted by Crippen LogP contribution is -2.85. The van der Waals surface area contributed by atoms with Crippen LogP contribution in [-0.2, 0) is 13.6 Å². The van der Waals surface area contributed by atoms with Crippen molar-refractivity contribution in [1.82, 2.24) is 0 Å². The highest BCUT2D eigenvalue weighted by Gasteiger charge is 2.70. The highest BCUT2D eigenvalue weighted by Crippen LogP contribution is 2.50. The minimum absolute atomic E-state index is 0.518. The van der Waals surface area contributed by atoms with Crippen molar-refractivity contribution < 1.29 is 13.6 Å². The van der Waals surface area contributed by atoms with Crippen molar-refractivity contribution in [3.8, 4) is 0 Å². The second-order valence-corrected chi connectivity index (χ2v) is 9.31. The number of rotatable bonds is 5. The largest absolute Gasteiger partial charge is 0.396 e. The van der Waals surface area contributed by atoms with Crippen LogP contribution in [0.4, 0.5) is 0 Å². The molecule has 1 fully saturated rings. The highest BCUT2D eigenvalue weighted by molar-refractivity contribution is 6.72. The molecule has 0 aromatic carbocycles. The van der Waals surface area contributed by atoms with Gasteiger partial charge < -0.3 is 30.8 Å². The van der Waals surface area contributed by atoms with Crippen LogP contribution in [0.2, 0.25) is 6.04 Å². The van der Waals surface area contributed by atoms with Gasteiger partial charge in [0, 0.05) is 27.4 Å². The molecule has 0 radical (unpaired) electrons. The molecule has 1 rings (SSSR count). The first-order valence-corrected chi connectivity index (χ1v) is 9.58.